The van der Waals surface area contributed by atoms with Crippen molar-refractivity contribution in [3.8, 4) is 0 Å². The third kappa shape index (κ3) is 1.61. The van der Waals surface area contributed by atoms with E-state index in [0.29, 0.717) is 0 Å². The molecule has 1 aliphatic heterocycles. The molecule has 0 radical (unpaired) electrons. The number of para-hydroxylation sites is 1. The number of fused-ring (bicyclic) bond motifs is 1. The molecule has 3 rings (SSSR count). The van der Waals surface area contributed by atoms with Crippen molar-refractivity contribution in [3.63, 3.8) is 0 Å². The first-order valence-corrected chi connectivity index (χ1v) is 6.30. The van der Waals surface area contributed by atoms with E-state index >= 15 is 0 Å². The van der Waals surface area contributed by atoms with Crippen LogP contribution in [0.1, 0.15) is 17.5 Å². The molecule has 0 spiro atoms. The van der Waals surface area contributed by atoms with Crippen molar-refractivity contribution in [1.29, 1.82) is 0 Å². The van der Waals surface area contributed by atoms with Crippen LogP contribution in [0.2, 0.25) is 0 Å². The molecular formula is C16H17NO. The molecule has 2 nitrogen and oxygen atoms in total. The summed E-state index contributed by atoms with van der Waals surface area (Å²) in [6, 6.07) is 18.1. The summed E-state index contributed by atoms with van der Waals surface area (Å²) in [6.45, 7) is 0.863. The monoisotopic (exact) mass is 239 g/mol. The van der Waals surface area contributed by atoms with Crippen LogP contribution >= 0.6 is 0 Å². The van der Waals surface area contributed by atoms with Gasteiger partial charge in [-0.2, -0.15) is 0 Å². The Morgan fingerprint density at radius 2 is 1.67 bits per heavy atom. The Morgan fingerprint density at radius 1 is 1.00 bits per heavy atom. The highest BCUT2D eigenvalue weighted by Gasteiger charge is 2.37. The van der Waals surface area contributed by atoms with Crippen LogP contribution < -0.4 is 4.90 Å². The quantitative estimate of drug-likeness (QED) is 0.827. The van der Waals surface area contributed by atoms with Gasteiger partial charge in [0.15, 0.2) is 0 Å². The van der Waals surface area contributed by atoms with Crippen LogP contribution in [0.4, 0.5) is 5.69 Å². The molecule has 18 heavy (non-hydrogen) atoms. The Morgan fingerprint density at radius 3 is 2.44 bits per heavy atom. The van der Waals surface area contributed by atoms with Gasteiger partial charge >= 0.3 is 0 Å². The largest absolute Gasteiger partial charge is 0.380 e. The molecule has 0 aliphatic carbocycles. The van der Waals surface area contributed by atoms with E-state index in [9.17, 15) is 5.11 Å². The highest BCUT2D eigenvalue weighted by Crippen LogP contribution is 2.41. The fourth-order valence-corrected chi connectivity index (χ4v) is 2.75. The second-order valence-corrected chi connectivity index (χ2v) is 4.92. The van der Waals surface area contributed by atoms with Gasteiger partial charge in [0.1, 0.15) is 5.60 Å². The maximum Gasteiger partial charge on any atom is 0.118 e. The molecule has 1 atom stereocenters. The van der Waals surface area contributed by atoms with Gasteiger partial charge in [-0.1, -0.05) is 48.5 Å². The van der Waals surface area contributed by atoms with Gasteiger partial charge in [0, 0.05) is 31.3 Å². The Bertz CT molecular complexity index is 552. The van der Waals surface area contributed by atoms with Gasteiger partial charge in [-0.3, -0.25) is 0 Å². The fourth-order valence-electron chi connectivity index (χ4n) is 2.75. The second kappa shape index (κ2) is 4.14. The molecule has 1 heterocycles. The van der Waals surface area contributed by atoms with E-state index in [0.717, 1.165) is 29.8 Å². The van der Waals surface area contributed by atoms with Crippen LogP contribution in [0, 0.1) is 0 Å². The normalized spacial score (nSPS) is 22.7. The average molecular weight is 239 g/mol. The number of nitrogens with zero attached hydrogens (tertiary/aromatic N) is 1. The molecule has 2 heteroatoms. The zero-order chi connectivity index (χ0) is 12.6. The molecule has 92 valence electrons. The summed E-state index contributed by atoms with van der Waals surface area (Å²) in [5.74, 6) is 0. The minimum Gasteiger partial charge on any atom is -0.380 e. The van der Waals surface area contributed by atoms with Crippen molar-refractivity contribution in [3.05, 3.63) is 65.7 Å². The van der Waals surface area contributed by atoms with Gasteiger partial charge < -0.3 is 10.0 Å². The lowest BCUT2D eigenvalue weighted by atomic mass is 9.80. The van der Waals surface area contributed by atoms with Crippen molar-refractivity contribution in [1.82, 2.24) is 0 Å². The standard InChI is InChI=1S/C16H17NO/c1-17-12-11-16(18,13-7-3-2-4-8-13)14-9-5-6-10-15(14)17/h2-10,18H,11-12H2,1H3/t16-/m0/s1. The lowest BCUT2D eigenvalue weighted by molar-refractivity contribution is 0.0692. The Kier molecular flexibility index (Phi) is 2.60. The minimum absolute atomic E-state index is 0.727. The summed E-state index contributed by atoms with van der Waals surface area (Å²) in [5.41, 5.74) is 2.25. The summed E-state index contributed by atoms with van der Waals surface area (Å²) >= 11 is 0. The summed E-state index contributed by atoms with van der Waals surface area (Å²) < 4.78 is 0. The molecule has 1 aliphatic rings. The molecule has 0 aromatic heterocycles. The lowest BCUT2D eigenvalue weighted by Crippen LogP contribution is -2.39. The Labute approximate surface area is 107 Å². The van der Waals surface area contributed by atoms with E-state index in [1.54, 1.807) is 0 Å². The van der Waals surface area contributed by atoms with Gasteiger partial charge in [0.05, 0.1) is 0 Å². The molecule has 0 unspecified atom stereocenters. The molecule has 0 bridgehead atoms. The smallest absolute Gasteiger partial charge is 0.118 e. The fraction of sp³-hybridized carbons (Fsp3) is 0.250. The third-order valence-electron chi connectivity index (χ3n) is 3.82. The number of rotatable bonds is 1. The topological polar surface area (TPSA) is 23.5 Å². The molecular weight excluding hydrogens is 222 g/mol. The summed E-state index contributed by atoms with van der Waals surface area (Å²) in [6.07, 6.45) is 0.727. The first-order valence-electron chi connectivity index (χ1n) is 6.30. The molecule has 1 N–H and O–H groups in total. The van der Waals surface area contributed by atoms with Gasteiger partial charge in [-0.25, -0.2) is 0 Å². The third-order valence-corrected chi connectivity index (χ3v) is 3.82. The number of hydrogen-bond acceptors (Lipinski definition) is 2. The molecule has 0 amide bonds. The molecule has 2 aromatic rings. The second-order valence-electron chi connectivity index (χ2n) is 4.92. The highest BCUT2D eigenvalue weighted by atomic mass is 16.3. The van der Waals surface area contributed by atoms with Crippen LogP contribution in [0.25, 0.3) is 0 Å². The molecule has 0 saturated carbocycles. The zero-order valence-electron chi connectivity index (χ0n) is 10.5. The number of aliphatic hydroxyl groups is 1. The van der Waals surface area contributed by atoms with Crippen LogP contribution in [0.15, 0.2) is 54.6 Å². The number of hydrogen-bond donors (Lipinski definition) is 1. The lowest BCUT2D eigenvalue weighted by Gasteiger charge is -2.39. The van der Waals surface area contributed by atoms with Crippen LogP contribution in [-0.2, 0) is 5.60 Å². The predicted octanol–water partition coefficient (Wildman–Crippen LogP) is 2.76. The summed E-state index contributed by atoms with van der Waals surface area (Å²) in [4.78, 5) is 2.20. The van der Waals surface area contributed by atoms with Gasteiger partial charge in [0.25, 0.3) is 0 Å². The Hall–Kier alpha value is -1.80. The summed E-state index contributed by atoms with van der Waals surface area (Å²) in [5, 5.41) is 11.1. The van der Waals surface area contributed by atoms with E-state index in [-0.39, 0.29) is 0 Å². The zero-order valence-corrected chi connectivity index (χ0v) is 10.5. The average Bonchev–Trinajstić information content (AvgIpc) is 2.44. The summed E-state index contributed by atoms with van der Waals surface area (Å²) in [7, 11) is 2.07. The van der Waals surface area contributed by atoms with Gasteiger partial charge in [0.2, 0.25) is 0 Å². The Balaban J connectivity index is 2.17. The predicted molar refractivity (Wildman–Crippen MR) is 73.8 cm³/mol. The van der Waals surface area contributed by atoms with Crippen molar-refractivity contribution >= 4 is 5.69 Å². The van der Waals surface area contributed by atoms with Gasteiger partial charge in [-0.15, -0.1) is 0 Å². The van der Waals surface area contributed by atoms with Crippen molar-refractivity contribution in [2.24, 2.45) is 0 Å². The SMILES string of the molecule is CN1CC[C@](O)(c2ccccc2)c2ccccc21. The number of anilines is 1. The van der Waals surface area contributed by atoms with Gasteiger partial charge in [-0.05, 0) is 11.6 Å². The first kappa shape index (κ1) is 11.3. The van der Waals surface area contributed by atoms with E-state index < -0.39 is 5.60 Å². The molecule has 0 saturated heterocycles. The maximum atomic E-state index is 11.1. The van der Waals surface area contributed by atoms with E-state index in [1.165, 1.54) is 0 Å². The highest BCUT2D eigenvalue weighted by molar-refractivity contribution is 5.60. The van der Waals surface area contributed by atoms with E-state index in [1.807, 2.05) is 48.5 Å². The minimum atomic E-state index is -0.857. The van der Waals surface area contributed by atoms with Crippen molar-refractivity contribution in [2.75, 3.05) is 18.5 Å². The number of benzene rings is 2. The van der Waals surface area contributed by atoms with Crippen molar-refractivity contribution < 1.29 is 5.11 Å². The maximum absolute atomic E-state index is 11.1. The van der Waals surface area contributed by atoms with Crippen LogP contribution in [-0.4, -0.2) is 18.7 Å². The van der Waals surface area contributed by atoms with E-state index in [2.05, 4.69) is 18.0 Å². The van der Waals surface area contributed by atoms with Crippen LogP contribution in [0.3, 0.4) is 0 Å². The molecule has 2 aromatic carbocycles. The molecule has 0 fully saturated rings. The first-order chi connectivity index (χ1) is 8.72. The van der Waals surface area contributed by atoms with Crippen molar-refractivity contribution in [2.45, 2.75) is 12.0 Å². The van der Waals surface area contributed by atoms with Crippen LogP contribution in [0.5, 0.6) is 0 Å². The van der Waals surface area contributed by atoms with E-state index in [4.69, 9.17) is 0 Å².